The van der Waals surface area contributed by atoms with Crippen molar-refractivity contribution in [2.75, 3.05) is 6.61 Å². The van der Waals surface area contributed by atoms with E-state index in [2.05, 4.69) is 0 Å². The van der Waals surface area contributed by atoms with Gasteiger partial charge in [-0.1, -0.05) is 31.9 Å². The fourth-order valence-electron chi connectivity index (χ4n) is 2.38. The minimum absolute atomic E-state index is 0.0547. The molecule has 0 radical (unpaired) electrons. The van der Waals surface area contributed by atoms with Crippen molar-refractivity contribution in [1.29, 1.82) is 0 Å². The Morgan fingerprint density at radius 1 is 0.857 bits per heavy atom. The second-order valence-corrected chi connectivity index (χ2v) is 5.92. The molecular formula is C20H18F4O4. The topological polar surface area (TPSA) is 52.6 Å². The summed E-state index contributed by atoms with van der Waals surface area (Å²) in [4.78, 5) is 24.4. The number of esters is 2. The van der Waals surface area contributed by atoms with Gasteiger partial charge in [0.15, 0.2) is 23.3 Å². The zero-order valence-electron chi connectivity index (χ0n) is 15.1. The first-order valence-corrected chi connectivity index (χ1v) is 8.62. The van der Waals surface area contributed by atoms with E-state index in [-0.39, 0.29) is 17.7 Å². The molecule has 4 nitrogen and oxygen atoms in total. The Labute approximate surface area is 159 Å². The first kappa shape index (κ1) is 21.4. The van der Waals surface area contributed by atoms with Gasteiger partial charge in [-0.25, -0.2) is 27.2 Å². The molecule has 2 aromatic rings. The van der Waals surface area contributed by atoms with Crippen LogP contribution in [0.25, 0.3) is 0 Å². The van der Waals surface area contributed by atoms with E-state index in [1.807, 2.05) is 6.92 Å². The lowest BCUT2D eigenvalue weighted by Crippen LogP contribution is -2.15. The van der Waals surface area contributed by atoms with Crippen LogP contribution in [0.1, 0.15) is 52.5 Å². The summed E-state index contributed by atoms with van der Waals surface area (Å²) < 4.78 is 63.1. The van der Waals surface area contributed by atoms with Crippen LogP contribution >= 0.6 is 0 Å². The van der Waals surface area contributed by atoms with Crippen molar-refractivity contribution in [3.05, 3.63) is 70.3 Å². The summed E-state index contributed by atoms with van der Waals surface area (Å²) in [5.74, 6) is -8.97. The minimum Gasteiger partial charge on any atom is -0.462 e. The van der Waals surface area contributed by atoms with Gasteiger partial charge in [0.1, 0.15) is 6.61 Å². The number of carbonyl (C=O) groups excluding carboxylic acids is 2. The van der Waals surface area contributed by atoms with E-state index in [0.29, 0.717) is 12.5 Å². The maximum atomic E-state index is 13.7. The van der Waals surface area contributed by atoms with E-state index in [1.165, 1.54) is 24.3 Å². The van der Waals surface area contributed by atoms with E-state index < -0.39 is 47.4 Å². The highest BCUT2D eigenvalue weighted by Gasteiger charge is 2.22. The average molecular weight is 398 g/mol. The van der Waals surface area contributed by atoms with E-state index in [9.17, 15) is 27.2 Å². The molecule has 0 N–H and O–H groups in total. The predicted molar refractivity (Wildman–Crippen MR) is 91.6 cm³/mol. The number of hydrogen-bond donors (Lipinski definition) is 0. The lowest BCUT2D eigenvalue weighted by Gasteiger charge is -2.11. The maximum absolute atomic E-state index is 13.7. The molecule has 0 saturated carbocycles. The first-order chi connectivity index (χ1) is 13.4. The minimum atomic E-state index is -2.00. The SMILES string of the molecule is CCCCCOC(=O)c1ccccc1C(=O)OCc1cc(F)c(F)c(F)c1F. The Hall–Kier alpha value is -2.90. The maximum Gasteiger partial charge on any atom is 0.339 e. The van der Waals surface area contributed by atoms with Crippen molar-refractivity contribution in [2.45, 2.75) is 32.8 Å². The number of carbonyl (C=O) groups is 2. The molecule has 0 aliphatic rings. The summed E-state index contributed by atoms with van der Waals surface area (Å²) in [6, 6.07) is 6.05. The van der Waals surface area contributed by atoms with Crippen LogP contribution in [0.5, 0.6) is 0 Å². The molecule has 0 aromatic heterocycles. The van der Waals surface area contributed by atoms with Gasteiger partial charge in [-0.3, -0.25) is 0 Å². The molecule has 0 spiro atoms. The smallest absolute Gasteiger partial charge is 0.339 e. The number of unbranched alkanes of at least 4 members (excludes halogenated alkanes) is 2. The fraction of sp³-hybridized carbons (Fsp3) is 0.300. The van der Waals surface area contributed by atoms with E-state index in [4.69, 9.17) is 9.47 Å². The molecule has 0 bridgehead atoms. The van der Waals surface area contributed by atoms with Crippen LogP contribution in [0.2, 0.25) is 0 Å². The molecule has 0 atom stereocenters. The molecule has 28 heavy (non-hydrogen) atoms. The van der Waals surface area contributed by atoms with Gasteiger partial charge in [-0.05, 0) is 24.6 Å². The van der Waals surface area contributed by atoms with Gasteiger partial charge in [-0.2, -0.15) is 0 Å². The van der Waals surface area contributed by atoms with Gasteiger partial charge in [0.05, 0.1) is 17.7 Å². The molecular weight excluding hydrogens is 380 g/mol. The number of benzene rings is 2. The second kappa shape index (κ2) is 9.87. The first-order valence-electron chi connectivity index (χ1n) is 8.62. The summed E-state index contributed by atoms with van der Waals surface area (Å²) in [6.07, 6.45) is 2.50. The van der Waals surface area contributed by atoms with E-state index in [1.54, 1.807) is 0 Å². The van der Waals surface area contributed by atoms with Crippen LogP contribution < -0.4 is 0 Å². The average Bonchev–Trinajstić information content (AvgIpc) is 2.71. The van der Waals surface area contributed by atoms with Gasteiger partial charge >= 0.3 is 11.9 Å². The highest BCUT2D eigenvalue weighted by molar-refractivity contribution is 6.03. The van der Waals surface area contributed by atoms with Crippen molar-refractivity contribution in [3.63, 3.8) is 0 Å². The Morgan fingerprint density at radius 2 is 1.46 bits per heavy atom. The third kappa shape index (κ3) is 5.09. The number of hydrogen-bond acceptors (Lipinski definition) is 4. The molecule has 2 aromatic carbocycles. The molecule has 0 aliphatic carbocycles. The summed E-state index contributed by atoms with van der Waals surface area (Å²) >= 11 is 0. The number of halogens is 4. The molecule has 0 heterocycles. The summed E-state index contributed by atoms with van der Waals surface area (Å²) in [6.45, 7) is 1.34. The van der Waals surface area contributed by atoms with Crippen LogP contribution in [-0.2, 0) is 16.1 Å². The van der Waals surface area contributed by atoms with Crippen molar-refractivity contribution in [1.82, 2.24) is 0 Å². The van der Waals surface area contributed by atoms with Crippen LogP contribution in [0.3, 0.4) is 0 Å². The monoisotopic (exact) mass is 398 g/mol. The predicted octanol–water partition coefficient (Wildman–Crippen LogP) is 4.95. The molecule has 2 rings (SSSR count). The van der Waals surface area contributed by atoms with Gasteiger partial charge < -0.3 is 9.47 Å². The summed E-state index contributed by atoms with van der Waals surface area (Å²) in [5, 5.41) is 0. The Bertz CT molecular complexity index is 868. The van der Waals surface area contributed by atoms with Crippen molar-refractivity contribution in [3.8, 4) is 0 Å². The molecule has 0 saturated heterocycles. The highest BCUT2D eigenvalue weighted by atomic mass is 19.2. The van der Waals surface area contributed by atoms with Gasteiger partial charge in [0, 0.05) is 5.56 Å². The van der Waals surface area contributed by atoms with Crippen LogP contribution in [-0.4, -0.2) is 18.5 Å². The quantitative estimate of drug-likeness (QED) is 0.208. The molecule has 0 amide bonds. The van der Waals surface area contributed by atoms with Crippen molar-refractivity contribution in [2.24, 2.45) is 0 Å². The number of ether oxygens (including phenoxy) is 2. The highest BCUT2D eigenvalue weighted by Crippen LogP contribution is 2.20. The summed E-state index contributed by atoms with van der Waals surface area (Å²) in [7, 11) is 0. The Balaban J connectivity index is 2.10. The van der Waals surface area contributed by atoms with Gasteiger partial charge in [0.2, 0.25) is 0 Å². The van der Waals surface area contributed by atoms with Crippen molar-refractivity contribution < 1.29 is 36.6 Å². The lowest BCUT2D eigenvalue weighted by molar-refractivity contribution is 0.0433. The third-order valence-electron chi connectivity index (χ3n) is 3.88. The zero-order valence-corrected chi connectivity index (χ0v) is 15.1. The second-order valence-electron chi connectivity index (χ2n) is 5.92. The molecule has 150 valence electrons. The van der Waals surface area contributed by atoms with Crippen LogP contribution in [0.4, 0.5) is 17.6 Å². The third-order valence-corrected chi connectivity index (χ3v) is 3.88. The van der Waals surface area contributed by atoms with Crippen LogP contribution in [0.15, 0.2) is 30.3 Å². The van der Waals surface area contributed by atoms with Gasteiger partial charge in [-0.15, -0.1) is 0 Å². The van der Waals surface area contributed by atoms with E-state index >= 15 is 0 Å². The normalized spacial score (nSPS) is 10.6. The zero-order chi connectivity index (χ0) is 20.7. The Morgan fingerprint density at radius 3 is 2.07 bits per heavy atom. The molecule has 0 aliphatic heterocycles. The Kier molecular flexibility index (Phi) is 7.54. The van der Waals surface area contributed by atoms with Crippen molar-refractivity contribution >= 4 is 11.9 Å². The largest absolute Gasteiger partial charge is 0.462 e. The summed E-state index contributed by atoms with van der Waals surface area (Å²) in [5.41, 5.74) is -0.878. The van der Waals surface area contributed by atoms with Crippen LogP contribution in [0, 0.1) is 23.3 Å². The lowest BCUT2D eigenvalue weighted by atomic mass is 10.1. The molecule has 8 heteroatoms. The van der Waals surface area contributed by atoms with E-state index in [0.717, 1.165) is 12.8 Å². The standard InChI is InChI=1S/C20H18F4O4/c1-2-3-6-9-27-19(25)13-7-4-5-8-14(13)20(26)28-11-12-10-15(21)17(23)18(24)16(12)22/h4-5,7-8,10H,2-3,6,9,11H2,1H3. The van der Waals surface area contributed by atoms with Gasteiger partial charge in [0.25, 0.3) is 0 Å². The molecule has 0 unspecified atom stereocenters. The number of rotatable bonds is 8. The molecule has 0 fully saturated rings. The fourth-order valence-corrected chi connectivity index (χ4v) is 2.38.